The quantitative estimate of drug-likeness (QED) is 0.241. The Hall–Kier alpha value is -2.33. The lowest BCUT2D eigenvalue weighted by atomic mass is 9.62. The van der Waals surface area contributed by atoms with Crippen LogP contribution in [-0.4, -0.2) is 37.5 Å². The lowest BCUT2D eigenvalue weighted by molar-refractivity contribution is -0.384. The third-order valence-electron chi connectivity index (χ3n) is 6.64. The van der Waals surface area contributed by atoms with Crippen molar-refractivity contribution >= 4 is 51.5 Å². The van der Waals surface area contributed by atoms with Gasteiger partial charge in [-0.1, -0.05) is 44.8 Å². The molecule has 0 radical (unpaired) electrons. The maximum Gasteiger partial charge on any atom is 0.269 e. The second-order valence-electron chi connectivity index (χ2n) is 8.39. The number of nitrogens with zero attached hydrogens (tertiary/aromatic N) is 3. The molecule has 30 heavy (non-hydrogen) atoms. The fourth-order valence-corrected chi connectivity index (χ4v) is 5.00. The molecule has 2 bridgehead atoms. The number of benzene rings is 1. The normalized spacial score (nSPS) is 25.4. The first-order chi connectivity index (χ1) is 14.0. The van der Waals surface area contributed by atoms with Crippen molar-refractivity contribution in [2.75, 3.05) is 5.88 Å². The second-order valence-corrected chi connectivity index (χ2v) is 10.0. The van der Waals surface area contributed by atoms with E-state index in [9.17, 15) is 19.7 Å². The first-order valence-corrected chi connectivity index (χ1v) is 11.0. The number of nitro groups is 1. The van der Waals surface area contributed by atoms with E-state index in [1.165, 1.54) is 28.8 Å². The summed E-state index contributed by atoms with van der Waals surface area (Å²) < 4.78 is 0.333. The standard InChI is InChI=1S/C20H24N4O4S2/c1-12(13-5-7-14(8-6-13)24(27)28)21-22-18(29)30-11-23-16(25)15-9-10-20(4,17(23)26)19(15,2)3/h5-8,15H,9-11H2,1-4H3,(H,22,29)/b21-12-. The number of carbonyl (C=O) groups is 2. The second kappa shape index (κ2) is 8.07. The van der Waals surface area contributed by atoms with Crippen molar-refractivity contribution in [1.29, 1.82) is 0 Å². The van der Waals surface area contributed by atoms with Gasteiger partial charge >= 0.3 is 0 Å². The number of carbonyl (C=O) groups excluding carboxylic acids is 2. The zero-order valence-electron chi connectivity index (χ0n) is 17.3. The number of hydrogen-bond acceptors (Lipinski definition) is 7. The Balaban J connectivity index is 1.59. The number of non-ortho nitro benzene ring substituents is 1. The van der Waals surface area contributed by atoms with E-state index < -0.39 is 10.3 Å². The summed E-state index contributed by atoms with van der Waals surface area (Å²) in [5, 5.41) is 14.9. The molecule has 2 unspecified atom stereocenters. The van der Waals surface area contributed by atoms with E-state index in [1.54, 1.807) is 19.1 Å². The molecular weight excluding hydrogens is 424 g/mol. The molecule has 2 aliphatic rings. The van der Waals surface area contributed by atoms with Gasteiger partial charge in [-0.05, 0) is 42.9 Å². The topological polar surface area (TPSA) is 105 Å². The van der Waals surface area contributed by atoms with E-state index in [1.807, 2.05) is 20.8 Å². The van der Waals surface area contributed by atoms with Crippen LogP contribution in [-0.2, 0) is 9.59 Å². The molecule has 1 N–H and O–H groups in total. The van der Waals surface area contributed by atoms with Gasteiger partial charge in [0, 0.05) is 18.1 Å². The third kappa shape index (κ3) is 3.74. The molecule has 0 aromatic heterocycles. The van der Waals surface area contributed by atoms with Crippen LogP contribution in [0.4, 0.5) is 5.69 Å². The van der Waals surface area contributed by atoms with Crippen LogP contribution < -0.4 is 5.43 Å². The molecule has 1 heterocycles. The summed E-state index contributed by atoms with van der Waals surface area (Å²) in [6, 6.07) is 6.03. The molecule has 1 aromatic rings. The number of rotatable bonds is 5. The highest BCUT2D eigenvalue weighted by molar-refractivity contribution is 8.22. The van der Waals surface area contributed by atoms with Crippen molar-refractivity contribution in [3.63, 3.8) is 0 Å². The van der Waals surface area contributed by atoms with Crippen molar-refractivity contribution in [3.05, 3.63) is 39.9 Å². The fraction of sp³-hybridized carbons (Fsp3) is 0.500. The number of likely N-dealkylation sites (tertiary alicyclic amines) is 1. The first kappa shape index (κ1) is 22.4. The van der Waals surface area contributed by atoms with E-state index in [4.69, 9.17) is 12.2 Å². The van der Waals surface area contributed by atoms with Crippen molar-refractivity contribution in [1.82, 2.24) is 10.3 Å². The molecule has 2 amide bonds. The van der Waals surface area contributed by atoms with E-state index in [-0.39, 0.29) is 34.7 Å². The third-order valence-corrected chi connectivity index (χ3v) is 7.83. The molecule has 2 atom stereocenters. The molecule has 10 heteroatoms. The van der Waals surface area contributed by atoms with Gasteiger partial charge in [-0.2, -0.15) is 5.10 Å². The van der Waals surface area contributed by atoms with Gasteiger partial charge in [0.05, 0.1) is 21.9 Å². The van der Waals surface area contributed by atoms with Crippen molar-refractivity contribution in [2.45, 2.75) is 40.5 Å². The van der Waals surface area contributed by atoms with Crippen LogP contribution in [0.1, 0.15) is 46.1 Å². The molecule has 1 saturated carbocycles. The SMILES string of the molecule is C/C(=N/NC(=S)SCN1C(=O)C2CCC(C)(C1=O)C2(C)C)c1ccc([N+](=O)[O-])cc1. The summed E-state index contributed by atoms with van der Waals surface area (Å²) in [7, 11) is 0. The number of nitrogens with one attached hydrogen (secondary N) is 1. The van der Waals surface area contributed by atoms with Gasteiger partial charge in [0.15, 0.2) is 4.32 Å². The van der Waals surface area contributed by atoms with Gasteiger partial charge in [0.2, 0.25) is 11.8 Å². The number of thiocarbonyl (C=S) groups is 1. The molecule has 8 nitrogen and oxygen atoms in total. The summed E-state index contributed by atoms with van der Waals surface area (Å²) in [4.78, 5) is 37.5. The maximum absolute atomic E-state index is 13.0. The van der Waals surface area contributed by atoms with Crippen LogP contribution in [0.2, 0.25) is 0 Å². The minimum atomic E-state index is -0.536. The number of piperidine rings is 1. The number of hydrogen-bond donors (Lipinski definition) is 1. The van der Waals surface area contributed by atoms with Gasteiger partial charge in [-0.25, -0.2) is 0 Å². The predicted octanol–water partition coefficient (Wildman–Crippen LogP) is 3.70. The predicted molar refractivity (Wildman–Crippen MR) is 120 cm³/mol. The number of thioether (sulfide) groups is 1. The van der Waals surface area contributed by atoms with Gasteiger partial charge in [-0.15, -0.1) is 0 Å². The highest BCUT2D eigenvalue weighted by Crippen LogP contribution is 2.60. The van der Waals surface area contributed by atoms with E-state index in [0.717, 1.165) is 12.8 Å². The minimum Gasteiger partial charge on any atom is -0.274 e. The lowest BCUT2D eigenvalue weighted by Gasteiger charge is -2.47. The van der Waals surface area contributed by atoms with Gasteiger partial charge < -0.3 is 0 Å². The summed E-state index contributed by atoms with van der Waals surface area (Å²) in [5.41, 5.74) is 3.20. The number of hydrazone groups is 1. The van der Waals surface area contributed by atoms with Crippen molar-refractivity contribution in [3.8, 4) is 0 Å². The molecule has 2 fully saturated rings. The number of nitro benzene ring substituents is 1. The molecule has 1 aromatic carbocycles. The zero-order chi connectivity index (χ0) is 22.3. The Morgan fingerprint density at radius 1 is 1.33 bits per heavy atom. The van der Waals surface area contributed by atoms with Crippen molar-refractivity contribution < 1.29 is 14.5 Å². The Kier molecular flexibility index (Phi) is 6.01. The van der Waals surface area contributed by atoms with E-state index >= 15 is 0 Å². The van der Waals surface area contributed by atoms with Crippen LogP contribution in [0.3, 0.4) is 0 Å². The Morgan fingerprint density at radius 3 is 2.57 bits per heavy atom. The summed E-state index contributed by atoms with van der Waals surface area (Å²) >= 11 is 6.45. The number of amides is 2. The van der Waals surface area contributed by atoms with Crippen LogP contribution >= 0.6 is 24.0 Å². The minimum absolute atomic E-state index is 0.00675. The highest BCUT2D eigenvalue weighted by Gasteiger charge is 2.64. The van der Waals surface area contributed by atoms with E-state index in [0.29, 0.717) is 15.6 Å². The van der Waals surface area contributed by atoms with Crippen LogP contribution in [0.25, 0.3) is 0 Å². The van der Waals surface area contributed by atoms with Gasteiger partial charge in [0.1, 0.15) is 0 Å². The maximum atomic E-state index is 13.0. The first-order valence-electron chi connectivity index (χ1n) is 9.57. The van der Waals surface area contributed by atoms with Crippen LogP contribution in [0.15, 0.2) is 29.4 Å². The zero-order valence-corrected chi connectivity index (χ0v) is 18.9. The largest absolute Gasteiger partial charge is 0.274 e. The molecule has 3 rings (SSSR count). The van der Waals surface area contributed by atoms with Crippen LogP contribution in [0.5, 0.6) is 0 Å². The molecule has 0 spiro atoms. The van der Waals surface area contributed by atoms with Gasteiger partial charge in [0.25, 0.3) is 5.69 Å². The van der Waals surface area contributed by atoms with Gasteiger partial charge in [-0.3, -0.25) is 30.0 Å². The summed E-state index contributed by atoms with van der Waals surface area (Å²) in [6.45, 7) is 7.72. The highest BCUT2D eigenvalue weighted by atomic mass is 32.2. The Labute approximate surface area is 184 Å². The number of imide groups is 1. The lowest BCUT2D eigenvalue weighted by Crippen LogP contribution is -2.58. The van der Waals surface area contributed by atoms with E-state index in [2.05, 4.69) is 10.5 Å². The monoisotopic (exact) mass is 448 g/mol. The Bertz CT molecular complexity index is 945. The molecule has 1 saturated heterocycles. The fourth-order valence-electron chi connectivity index (χ4n) is 4.20. The number of fused-ring (bicyclic) bond motifs is 2. The molecule has 1 aliphatic heterocycles. The van der Waals surface area contributed by atoms with Crippen LogP contribution in [0, 0.1) is 26.9 Å². The molecule has 160 valence electrons. The van der Waals surface area contributed by atoms with Crippen molar-refractivity contribution in [2.24, 2.45) is 21.8 Å². The Morgan fingerprint density at radius 2 is 1.97 bits per heavy atom. The molecule has 1 aliphatic carbocycles. The average Bonchev–Trinajstić information content (AvgIpc) is 2.89. The summed E-state index contributed by atoms with van der Waals surface area (Å²) in [6.07, 6.45) is 1.45. The smallest absolute Gasteiger partial charge is 0.269 e. The summed E-state index contributed by atoms with van der Waals surface area (Å²) in [5.74, 6) is -0.254. The average molecular weight is 449 g/mol. The molecular formula is C20H24N4O4S2.